The Morgan fingerprint density at radius 1 is 0.900 bits per heavy atom. The van der Waals surface area contributed by atoms with Crippen molar-refractivity contribution >= 4 is 28.9 Å². The number of hydrogen-bond acceptors (Lipinski definition) is 4. The maximum absolute atomic E-state index is 6.45. The first-order valence-corrected chi connectivity index (χ1v) is 10.6. The number of piperazine rings is 1. The number of aryl methyl sites for hydroxylation is 2. The molecular weight excluding hydrogens is 396 g/mol. The van der Waals surface area contributed by atoms with Crippen molar-refractivity contribution in [3.63, 3.8) is 0 Å². The predicted octanol–water partition coefficient (Wildman–Crippen LogP) is 3.81. The summed E-state index contributed by atoms with van der Waals surface area (Å²) in [6, 6.07) is 16.3. The summed E-state index contributed by atoms with van der Waals surface area (Å²) in [7, 11) is 0. The Kier molecular flexibility index (Phi) is 4.79. The van der Waals surface area contributed by atoms with Crippen molar-refractivity contribution in [3.8, 4) is 11.1 Å². The van der Waals surface area contributed by atoms with Crippen LogP contribution in [0.5, 0.6) is 0 Å². The molecule has 1 aliphatic rings. The molecule has 0 unspecified atom stereocenters. The van der Waals surface area contributed by atoms with Gasteiger partial charge in [-0.25, -0.2) is 9.97 Å². The number of aromatic amines is 1. The van der Waals surface area contributed by atoms with Gasteiger partial charge in [0.2, 0.25) is 0 Å². The average molecular weight is 420 g/mol. The molecule has 30 heavy (non-hydrogen) atoms. The predicted molar refractivity (Wildman–Crippen MR) is 120 cm³/mol. The minimum Gasteiger partial charge on any atom is -0.349 e. The molecule has 0 spiro atoms. The van der Waals surface area contributed by atoms with Crippen molar-refractivity contribution in [1.29, 1.82) is 0 Å². The van der Waals surface area contributed by atoms with Gasteiger partial charge >= 0.3 is 0 Å². The van der Waals surface area contributed by atoms with Crippen LogP contribution in [-0.2, 0) is 0 Å². The number of nitrogens with zero attached hydrogens (tertiary/aromatic N) is 5. The molecule has 152 valence electrons. The monoisotopic (exact) mass is 419 g/mol. The van der Waals surface area contributed by atoms with E-state index in [0.717, 1.165) is 54.5 Å². The third kappa shape index (κ3) is 3.37. The fraction of sp³-hybridized carbons (Fsp3) is 0.261. The molecule has 0 bridgehead atoms. The largest absolute Gasteiger partial charge is 0.349 e. The van der Waals surface area contributed by atoms with Crippen LogP contribution >= 0.6 is 11.6 Å². The zero-order valence-corrected chi connectivity index (χ0v) is 17.9. The van der Waals surface area contributed by atoms with E-state index in [-0.39, 0.29) is 0 Å². The Morgan fingerprint density at radius 2 is 1.67 bits per heavy atom. The van der Waals surface area contributed by atoms with Crippen LogP contribution in [0.1, 0.15) is 11.4 Å². The van der Waals surface area contributed by atoms with Gasteiger partial charge in [-0.15, -0.1) is 0 Å². The fourth-order valence-electron chi connectivity index (χ4n) is 4.09. The number of benzene rings is 1. The number of aromatic nitrogens is 4. The molecule has 5 rings (SSSR count). The summed E-state index contributed by atoms with van der Waals surface area (Å²) in [4.78, 5) is 13.0. The lowest BCUT2D eigenvalue weighted by Crippen LogP contribution is -2.48. The first-order valence-electron chi connectivity index (χ1n) is 10.2. The van der Waals surface area contributed by atoms with Crippen LogP contribution in [0.2, 0.25) is 5.02 Å². The first-order chi connectivity index (χ1) is 14.6. The summed E-state index contributed by atoms with van der Waals surface area (Å²) in [6.07, 6.45) is 1.87. The van der Waals surface area contributed by atoms with Crippen molar-refractivity contribution in [2.45, 2.75) is 13.8 Å². The highest BCUT2D eigenvalue weighted by Crippen LogP contribution is 2.32. The molecule has 1 saturated heterocycles. The zero-order chi connectivity index (χ0) is 20.7. The van der Waals surface area contributed by atoms with Crippen LogP contribution in [0.3, 0.4) is 0 Å². The van der Waals surface area contributed by atoms with E-state index < -0.39 is 0 Å². The Morgan fingerprint density at radius 3 is 2.43 bits per heavy atom. The van der Waals surface area contributed by atoms with Crippen molar-refractivity contribution in [2.75, 3.05) is 36.0 Å². The number of H-pyrrole nitrogens is 1. The van der Waals surface area contributed by atoms with E-state index in [2.05, 4.69) is 51.1 Å². The van der Waals surface area contributed by atoms with Crippen LogP contribution in [0.15, 0.2) is 54.7 Å². The standard InChI is InChI=1S/C23H23ClN6/c1-16-6-5-9-21(26-16)28-10-12-29(13-11-28)22-14-17(2)27-23-19(15-25-30(22)23)18-7-3-4-8-20(18)24/h3-9,14-15H,10-13H2,1-2H3/p+1. The number of nitrogens with one attached hydrogen (secondary N) is 1. The normalized spacial score (nSPS) is 14.5. The topological polar surface area (TPSA) is 50.8 Å². The molecule has 0 amide bonds. The molecule has 3 aromatic heterocycles. The SMILES string of the molecule is Cc1cc(N2CCN(c3cccc(C)[nH+]3)CC2)n2ncc(-c3ccccc3Cl)c2n1. The molecule has 4 heterocycles. The van der Waals surface area contributed by atoms with Crippen molar-refractivity contribution in [1.82, 2.24) is 14.6 Å². The summed E-state index contributed by atoms with van der Waals surface area (Å²) >= 11 is 6.45. The molecular formula is C23H24ClN6+. The number of rotatable bonds is 3. The van der Waals surface area contributed by atoms with E-state index in [1.807, 2.05) is 41.9 Å². The van der Waals surface area contributed by atoms with Crippen molar-refractivity contribution in [3.05, 3.63) is 71.1 Å². The van der Waals surface area contributed by atoms with E-state index in [1.54, 1.807) is 0 Å². The third-order valence-electron chi connectivity index (χ3n) is 5.62. The summed E-state index contributed by atoms with van der Waals surface area (Å²) in [6.45, 7) is 7.85. The molecule has 4 aromatic rings. The van der Waals surface area contributed by atoms with Crippen LogP contribution in [0.4, 0.5) is 11.6 Å². The fourth-order valence-corrected chi connectivity index (χ4v) is 4.33. The van der Waals surface area contributed by atoms with Crippen LogP contribution < -0.4 is 14.8 Å². The smallest absolute Gasteiger partial charge is 0.274 e. The zero-order valence-electron chi connectivity index (χ0n) is 17.1. The number of anilines is 2. The molecule has 0 atom stereocenters. The van der Waals surface area contributed by atoms with E-state index in [0.29, 0.717) is 5.02 Å². The Balaban J connectivity index is 1.46. The number of halogens is 1. The lowest BCUT2D eigenvalue weighted by Gasteiger charge is -2.32. The first kappa shape index (κ1) is 18.9. The maximum Gasteiger partial charge on any atom is 0.274 e. The lowest BCUT2D eigenvalue weighted by atomic mass is 10.1. The van der Waals surface area contributed by atoms with Crippen molar-refractivity contribution in [2.24, 2.45) is 0 Å². The number of hydrogen-bond donors (Lipinski definition) is 0. The van der Waals surface area contributed by atoms with Gasteiger partial charge in [-0.05, 0) is 26.0 Å². The van der Waals surface area contributed by atoms with Crippen LogP contribution in [-0.4, -0.2) is 40.8 Å². The highest BCUT2D eigenvalue weighted by atomic mass is 35.5. The Bertz CT molecular complexity index is 1210. The Labute approximate surface area is 180 Å². The van der Waals surface area contributed by atoms with Gasteiger partial charge in [-0.3, -0.25) is 4.90 Å². The highest BCUT2D eigenvalue weighted by Gasteiger charge is 2.26. The summed E-state index contributed by atoms with van der Waals surface area (Å²) < 4.78 is 1.94. The van der Waals surface area contributed by atoms with Gasteiger partial charge in [0.05, 0.1) is 25.0 Å². The number of fused-ring (bicyclic) bond motifs is 1. The minimum absolute atomic E-state index is 0.709. The second-order valence-electron chi connectivity index (χ2n) is 7.72. The molecule has 0 saturated carbocycles. The summed E-state index contributed by atoms with van der Waals surface area (Å²) in [5.41, 5.74) is 4.90. The second-order valence-corrected chi connectivity index (χ2v) is 8.13. The number of pyridine rings is 1. The van der Waals surface area contributed by atoms with E-state index in [1.165, 1.54) is 11.5 Å². The molecule has 0 radical (unpaired) electrons. The molecule has 1 aliphatic heterocycles. The van der Waals surface area contributed by atoms with Gasteiger partial charge in [0, 0.05) is 34.0 Å². The van der Waals surface area contributed by atoms with Crippen molar-refractivity contribution < 1.29 is 4.98 Å². The lowest BCUT2D eigenvalue weighted by molar-refractivity contribution is -0.373. The van der Waals surface area contributed by atoms with Gasteiger partial charge in [0.15, 0.2) is 5.65 Å². The molecule has 7 heteroatoms. The van der Waals surface area contributed by atoms with E-state index in [4.69, 9.17) is 16.6 Å². The molecule has 0 aliphatic carbocycles. The molecule has 1 fully saturated rings. The van der Waals surface area contributed by atoms with Gasteiger partial charge in [0.25, 0.3) is 5.82 Å². The highest BCUT2D eigenvalue weighted by molar-refractivity contribution is 6.33. The summed E-state index contributed by atoms with van der Waals surface area (Å²) in [5.74, 6) is 2.24. The second kappa shape index (κ2) is 7.61. The van der Waals surface area contributed by atoms with Gasteiger partial charge in [0.1, 0.15) is 18.9 Å². The van der Waals surface area contributed by atoms with Crippen LogP contribution in [0, 0.1) is 13.8 Å². The summed E-state index contributed by atoms with van der Waals surface area (Å²) in [5, 5.41) is 5.38. The third-order valence-corrected chi connectivity index (χ3v) is 5.94. The molecule has 6 nitrogen and oxygen atoms in total. The van der Waals surface area contributed by atoms with E-state index >= 15 is 0 Å². The van der Waals surface area contributed by atoms with Crippen LogP contribution in [0.25, 0.3) is 16.8 Å². The van der Waals surface area contributed by atoms with Gasteiger partial charge < -0.3 is 4.90 Å². The average Bonchev–Trinajstić information content (AvgIpc) is 3.17. The van der Waals surface area contributed by atoms with Gasteiger partial charge in [-0.2, -0.15) is 9.61 Å². The molecule has 1 N–H and O–H groups in total. The van der Waals surface area contributed by atoms with Gasteiger partial charge in [-0.1, -0.05) is 35.9 Å². The minimum atomic E-state index is 0.709. The molecule has 1 aromatic carbocycles. The quantitative estimate of drug-likeness (QED) is 0.506. The van der Waals surface area contributed by atoms with E-state index in [9.17, 15) is 0 Å². The maximum atomic E-state index is 6.45. The Hall–Kier alpha value is -3.12.